The number of urea groups is 1. The van der Waals surface area contributed by atoms with E-state index in [-0.39, 0.29) is 18.7 Å². The lowest BCUT2D eigenvalue weighted by molar-refractivity contribution is 0.153. The van der Waals surface area contributed by atoms with Gasteiger partial charge in [0.15, 0.2) is 0 Å². The largest absolute Gasteiger partial charge is 0.395 e. The highest BCUT2D eigenvalue weighted by Crippen LogP contribution is 2.23. The number of fused-ring (bicyclic) bond motifs is 1. The Morgan fingerprint density at radius 2 is 2.00 bits per heavy atom. The topological polar surface area (TPSA) is 80.4 Å². The second-order valence-corrected chi connectivity index (χ2v) is 7.27. The molecule has 28 heavy (non-hydrogen) atoms. The molecule has 0 bridgehead atoms. The van der Waals surface area contributed by atoms with E-state index in [1.165, 1.54) is 5.56 Å². The molecule has 4 rings (SSSR count). The number of amides is 2. The highest BCUT2D eigenvalue weighted by Gasteiger charge is 2.24. The molecule has 6 nitrogen and oxygen atoms in total. The summed E-state index contributed by atoms with van der Waals surface area (Å²) in [6.45, 7) is 2.47. The molecule has 1 atom stereocenters. The Kier molecular flexibility index (Phi) is 5.60. The van der Waals surface area contributed by atoms with Gasteiger partial charge < -0.3 is 20.7 Å². The normalized spacial score (nSPS) is 17.1. The summed E-state index contributed by atoms with van der Waals surface area (Å²) in [4.78, 5) is 17.9. The summed E-state index contributed by atoms with van der Waals surface area (Å²) in [6.07, 6.45) is 4.03. The molecule has 0 aliphatic carbocycles. The van der Waals surface area contributed by atoms with E-state index in [2.05, 4.69) is 26.6 Å². The Balaban J connectivity index is 1.39. The molecule has 146 valence electrons. The molecule has 1 aromatic heterocycles. The third-order valence-corrected chi connectivity index (χ3v) is 5.48. The van der Waals surface area contributed by atoms with Crippen LogP contribution in [0.25, 0.3) is 10.9 Å². The predicted octanol–water partition coefficient (Wildman–Crippen LogP) is 3.45. The van der Waals surface area contributed by atoms with Gasteiger partial charge in [0, 0.05) is 36.2 Å². The molecule has 2 amide bonds. The van der Waals surface area contributed by atoms with Gasteiger partial charge in [0.05, 0.1) is 12.3 Å². The minimum Gasteiger partial charge on any atom is -0.395 e. The molecule has 1 fully saturated rings. The Morgan fingerprint density at radius 1 is 1.14 bits per heavy atom. The van der Waals surface area contributed by atoms with Crippen LogP contribution in [0.5, 0.6) is 0 Å². The molecular formula is C22H26N4O2. The number of nitrogens with one attached hydrogen (secondary N) is 3. The number of H-pyrrole nitrogens is 1. The van der Waals surface area contributed by atoms with Crippen LogP contribution < -0.4 is 10.6 Å². The number of nitrogens with zero attached hydrogens (tertiary/aromatic N) is 1. The van der Waals surface area contributed by atoms with Crippen LogP contribution in [0.3, 0.4) is 0 Å². The average molecular weight is 378 g/mol. The molecule has 1 saturated heterocycles. The second kappa shape index (κ2) is 8.46. The van der Waals surface area contributed by atoms with Crippen molar-refractivity contribution in [1.29, 1.82) is 0 Å². The Labute approximate surface area is 164 Å². The van der Waals surface area contributed by atoms with Gasteiger partial charge in [-0.05, 0) is 48.7 Å². The van der Waals surface area contributed by atoms with Gasteiger partial charge in [-0.3, -0.25) is 4.90 Å². The van der Waals surface area contributed by atoms with E-state index in [9.17, 15) is 9.90 Å². The second-order valence-electron chi connectivity index (χ2n) is 7.27. The number of aliphatic hydroxyl groups is 1. The Bertz CT molecular complexity index is 952. The summed E-state index contributed by atoms with van der Waals surface area (Å²) in [7, 11) is 0. The number of rotatable bonds is 6. The van der Waals surface area contributed by atoms with Crippen LogP contribution in [0.2, 0.25) is 0 Å². The number of carbonyl (C=O) groups is 1. The molecule has 0 radical (unpaired) electrons. The van der Waals surface area contributed by atoms with Crippen LogP contribution in [0.4, 0.5) is 10.5 Å². The van der Waals surface area contributed by atoms with E-state index in [0.29, 0.717) is 6.54 Å². The number of aromatic nitrogens is 1. The van der Waals surface area contributed by atoms with E-state index in [4.69, 9.17) is 0 Å². The fraction of sp³-hybridized carbons (Fsp3) is 0.318. The van der Waals surface area contributed by atoms with E-state index < -0.39 is 0 Å². The van der Waals surface area contributed by atoms with Crippen molar-refractivity contribution >= 4 is 22.6 Å². The van der Waals surface area contributed by atoms with Gasteiger partial charge in [-0.25, -0.2) is 4.79 Å². The highest BCUT2D eigenvalue weighted by molar-refractivity contribution is 6.00. The van der Waals surface area contributed by atoms with Crippen molar-refractivity contribution in [2.75, 3.05) is 18.5 Å². The number of likely N-dealkylation sites (tertiary alicyclic amines) is 1. The third-order valence-electron chi connectivity index (χ3n) is 5.48. The minimum atomic E-state index is -0.224. The lowest BCUT2D eigenvalue weighted by atomic mass is 10.1. The van der Waals surface area contributed by atoms with Gasteiger partial charge in [-0.1, -0.05) is 30.3 Å². The molecule has 1 aliphatic heterocycles. The predicted molar refractivity (Wildman–Crippen MR) is 111 cm³/mol. The summed E-state index contributed by atoms with van der Waals surface area (Å²) in [5.41, 5.74) is 4.07. The molecular weight excluding hydrogens is 352 g/mol. The van der Waals surface area contributed by atoms with Crippen LogP contribution in [0.1, 0.15) is 24.0 Å². The SMILES string of the molecule is O=C(NCc1ccccc1CN1CCC[C@@H]1CO)Nc1cccc2[nH]ccc12. The molecule has 3 aromatic rings. The molecule has 4 N–H and O–H groups in total. The van der Waals surface area contributed by atoms with Crippen molar-refractivity contribution in [2.24, 2.45) is 0 Å². The fourth-order valence-electron chi connectivity index (χ4n) is 3.95. The molecule has 2 heterocycles. The van der Waals surface area contributed by atoms with Crippen LogP contribution in [-0.2, 0) is 13.1 Å². The van der Waals surface area contributed by atoms with E-state index in [1.807, 2.05) is 48.7 Å². The summed E-state index contributed by atoms with van der Waals surface area (Å²) in [5.74, 6) is 0. The van der Waals surface area contributed by atoms with Crippen LogP contribution in [0.15, 0.2) is 54.7 Å². The summed E-state index contributed by atoms with van der Waals surface area (Å²) in [6, 6.07) is 15.9. The van der Waals surface area contributed by atoms with Gasteiger partial charge in [-0.2, -0.15) is 0 Å². The molecule has 0 spiro atoms. The Morgan fingerprint density at radius 3 is 2.86 bits per heavy atom. The zero-order chi connectivity index (χ0) is 19.3. The third kappa shape index (κ3) is 4.03. The zero-order valence-corrected chi connectivity index (χ0v) is 15.8. The van der Waals surface area contributed by atoms with Crippen molar-refractivity contribution in [2.45, 2.75) is 32.0 Å². The maximum Gasteiger partial charge on any atom is 0.319 e. The molecule has 6 heteroatoms. The van der Waals surface area contributed by atoms with Crippen molar-refractivity contribution in [3.8, 4) is 0 Å². The van der Waals surface area contributed by atoms with Crippen LogP contribution in [0, 0.1) is 0 Å². The first-order valence-electron chi connectivity index (χ1n) is 9.77. The van der Waals surface area contributed by atoms with Crippen LogP contribution >= 0.6 is 0 Å². The first kappa shape index (κ1) is 18.5. The average Bonchev–Trinajstić information content (AvgIpc) is 3.37. The summed E-state index contributed by atoms with van der Waals surface area (Å²) >= 11 is 0. The first-order chi connectivity index (χ1) is 13.7. The van der Waals surface area contributed by atoms with Crippen LogP contribution in [-0.4, -0.2) is 40.2 Å². The van der Waals surface area contributed by atoms with Gasteiger partial charge in [-0.15, -0.1) is 0 Å². The van der Waals surface area contributed by atoms with Crippen molar-refractivity contribution < 1.29 is 9.90 Å². The van der Waals surface area contributed by atoms with Crippen molar-refractivity contribution in [3.63, 3.8) is 0 Å². The van der Waals surface area contributed by atoms with Gasteiger partial charge in [0.1, 0.15) is 0 Å². The van der Waals surface area contributed by atoms with Gasteiger partial charge >= 0.3 is 6.03 Å². The molecule has 0 unspecified atom stereocenters. The summed E-state index contributed by atoms with van der Waals surface area (Å²) < 4.78 is 0. The number of benzene rings is 2. The highest BCUT2D eigenvalue weighted by atomic mass is 16.3. The number of hydrogen-bond donors (Lipinski definition) is 4. The monoisotopic (exact) mass is 378 g/mol. The smallest absolute Gasteiger partial charge is 0.319 e. The van der Waals surface area contributed by atoms with Crippen molar-refractivity contribution in [1.82, 2.24) is 15.2 Å². The zero-order valence-electron chi connectivity index (χ0n) is 15.8. The van der Waals surface area contributed by atoms with E-state index in [1.54, 1.807) is 0 Å². The number of aliphatic hydroxyl groups excluding tert-OH is 1. The van der Waals surface area contributed by atoms with Gasteiger partial charge in [0.2, 0.25) is 0 Å². The number of aromatic amines is 1. The number of carbonyl (C=O) groups excluding carboxylic acids is 1. The molecule has 0 saturated carbocycles. The first-order valence-corrected chi connectivity index (χ1v) is 9.77. The van der Waals surface area contributed by atoms with E-state index >= 15 is 0 Å². The van der Waals surface area contributed by atoms with Crippen molar-refractivity contribution in [3.05, 3.63) is 65.9 Å². The maximum absolute atomic E-state index is 12.4. The van der Waals surface area contributed by atoms with E-state index in [0.717, 1.165) is 48.1 Å². The minimum absolute atomic E-state index is 0.202. The Hall–Kier alpha value is -2.83. The quantitative estimate of drug-likeness (QED) is 0.530. The lowest BCUT2D eigenvalue weighted by Gasteiger charge is -2.24. The number of anilines is 1. The maximum atomic E-state index is 12.4. The molecule has 2 aromatic carbocycles. The summed E-state index contributed by atoms with van der Waals surface area (Å²) in [5, 5.41) is 16.4. The fourth-order valence-corrected chi connectivity index (χ4v) is 3.95. The number of hydrogen-bond acceptors (Lipinski definition) is 3. The van der Waals surface area contributed by atoms with Gasteiger partial charge in [0.25, 0.3) is 0 Å². The molecule has 1 aliphatic rings. The standard InChI is InChI=1S/C22H26N4O2/c27-15-18-7-4-12-26(18)14-17-6-2-1-5-16(17)13-24-22(28)25-21-9-3-8-20-19(21)10-11-23-20/h1-3,5-6,8-11,18,23,27H,4,7,12-15H2,(H2,24,25,28)/t18-/m1/s1. The lowest BCUT2D eigenvalue weighted by Crippen LogP contribution is -2.33.